The van der Waals surface area contributed by atoms with Gasteiger partial charge in [-0.1, -0.05) is 18.2 Å². The lowest BCUT2D eigenvalue weighted by atomic mass is 10.0. The van der Waals surface area contributed by atoms with Crippen LogP contribution in [0.25, 0.3) is 11.3 Å². The molecule has 3 heterocycles. The van der Waals surface area contributed by atoms with Crippen LogP contribution in [-0.2, 0) is 6.18 Å². The summed E-state index contributed by atoms with van der Waals surface area (Å²) >= 11 is 0. The van der Waals surface area contributed by atoms with E-state index in [9.17, 15) is 22.8 Å². The molecule has 33 heavy (non-hydrogen) atoms. The highest BCUT2D eigenvalue weighted by molar-refractivity contribution is 6.06. The Bertz CT molecular complexity index is 1240. The first-order valence-corrected chi connectivity index (χ1v) is 10.2. The molecule has 12 heteroatoms. The predicted octanol–water partition coefficient (Wildman–Crippen LogP) is 3.07. The summed E-state index contributed by atoms with van der Waals surface area (Å²) in [6.45, 7) is 1.45. The first-order chi connectivity index (χ1) is 15.7. The third kappa shape index (κ3) is 4.78. The van der Waals surface area contributed by atoms with Crippen LogP contribution in [-0.4, -0.2) is 38.9 Å². The number of hydrogen-bond donors (Lipinski definition) is 3. The van der Waals surface area contributed by atoms with Crippen LogP contribution in [0.2, 0.25) is 0 Å². The van der Waals surface area contributed by atoms with Gasteiger partial charge in [-0.25, -0.2) is 14.8 Å². The highest BCUT2D eigenvalue weighted by Gasteiger charge is 2.34. The van der Waals surface area contributed by atoms with Gasteiger partial charge in [-0.05, 0) is 25.3 Å². The van der Waals surface area contributed by atoms with Crippen LogP contribution in [0.4, 0.5) is 30.5 Å². The van der Waals surface area contributed by atoms with E-state index in [1.54, 1.807) is 0 Å². The van der Waals surface area contributed by atoms with E-state index in [0.29, 0.717) is 5.69 Å². The number of benzene rings is 1. The van der Waals surface area contributed by atoms with Gasteiger partial charge in [0.1, 0.15) is 5.82 Å². The summed E-state index contributed by atoms with van der Waals surface area (Å²) in [5.41, 5.74) is 3.97. The van der Waals surface area contributed by atoms with Crippen LogP contribution in [0, 0.1) is 0 Å². The Labute approximate surface area is 185 Å². The summed E-state index contributed by atoms with van der Waals surface area (Å²) in [6.07, 6.45) is 0.793. The van der Waals surface area contributed by atoms with Crippen molar-refractivity contribution in [3.05, 3.63) is 58.4 Å². The minimum atomic E-state index is -4.62. The van der Waals surface area contributed by atoms with E-state index in [0.717, 1.165) is 44.6 Å². The molecule has 1 saturated heterocycles. The molecule has 1 aliphatic heterocycles. The molecule has 3 aromatic rings. The standard InChI is InChI=1S/C21H20F3N7O2/c22-21(23,24)13-7-3-2-6-12(13)14-10-26-17(25)16(28-14)19(32)29-18-15(11-27-20(33)30-18)31-8-4-1-5-9-31/h2-3,6-7,10-11H,1,4-5,8-9H2,(H2,25,26)(H2,27,29,30,32,33). The second-order valence-electron chi connectivity index (χ2n) is 7.48. The molecule has 1 amide bonds. The minimum absolute atomic E-state index is 0.101. The number of aromatic amines is 1. The summed E-state index contributed by atoms with van der Waals surface area (Å²) in [7, 11) is 0. The van der Waals surface area contributed by atoms with Crippen LogP contribution < -0.4 is 21.6 Å². The Morgan fingerprint density at radius 1 is 1.09 bits per heavy atom. The van der Waals surface area contributed by atoms with Crippen LogP contribution in [0.3, 0.4) is 0 Å². The second kappa shape index (κ2) is 8.88. The normalized spacial score (nSPS) is 14.2. The number of amides is 1. The number of carbonyl (C=O) groups excluding carboxylic acids is 1. The largest absolute Gasteiger partial charge is 0.417 e. The maximum absolute atomic E-state index is 13.4. The highest BCUT2D eigenvalue weighted by Crippen LogP contribution is 2.36. The van der Waals surface area contributed by atoms with Crippen LogP contribution in [0.5, 0.6) is 0 Å². The summed E-state index contributed by atoms with van der Waals surface area (Å²) in [6, 6.07) is 4.83. The van der Waals surface area contributed by atoms with Gasteiger partial charge < -0.3 is 16.0 Å². The molecule has 4 N–H and O–H groups in total. The molecule has 0 bridgehead atoms. The van der Waals surface area contributed by atoms with Crippen molar-refractivity contribution < 1.29 is 18.0 Å². The van der Waals surface area contributed by atoms with E-state index in [4.69, 9.17) is 5.73 Å². The number of H-pyrrole nitrogens is 1. The molecule has 9 nitrogen and oxygen atoms in total. The number of anilines is 3. The van der Waals surface area contributed by atoms with Crippen LogP contribution in [0.15, 0.2) is 41.5 Å². The van der Waals surface area contributed by atoms with Crippen molar-refractivity contribution in [3.8, 4) is 11.3 Å². The molecule has 4 rings (SSSR count). The number of nitrogen functional groups attached to an aromatic ring is 1. The van der Waals surface area contributed by atoms with Gasteiger partial charge in [0.2, 0.25) is 0 Å². The number of rotatable bonds is 4. The minimum Gasteiger partial charge on any atom is -0.382 e. The Balaban J connectivity index is 1.69. The summed E-state index contributed by atoms with van der Waals surface area (Å²) in [5.74, 6) is -0.993. The predicted molar refractivity (Wildman–Crippen MR) is 116 cm³/mol. The topological polar surface area (TPSA) is 130 Å². The summed E-state index contributed by atoms with van der Waals surface area (Å²) in [5, 5.41) is 2.55. The molecule has 0 aliphatic carbocycles. The van der Waals surface area contributed by atoms with Crippen molar-refractivity contribution in [2.75, 3.05) is 29.0 Å². The van der Waals surface area contributed by atoms with Crippen molar-refractivity contribution in [2.45, 2.75) is 25.4 Å². The van der Waals surface area contributed by atoms with E-state index in [1.165, 1.54) is 24.4 Å². The highest BCUT2D eigenvalue weighted by atomic mass is 19.4. The molecule has 2 aromatic heterocycles. The Morgan fingerprint density at radius 3 is 2.55 bits per heavy atom. The molecule has 1 aliphatic rings. The van der Waals surface area contributed by atoms with Gasteiger partial charge in [-0.2, -0.15) is 18.2 Å². The quantitative estimate of drug-likeness (QED) is 0.547. The third-order valence-corrected chi connectivity index (χ3v) is 5.25. The van der Waals surface area contributed by atoms with E-state index in [-0.39, 0.29) is 28.6 Å². The number of alkyl halides is 3. The fourth-order valence-corrected chi connectivity index (χ4v) is 3.68. The number of nitrogens with two attached hydrogens (primary N) is 1. The van der Waals surface area contributed by atoms with Gasteiger partial charge in [0.05, 0.1) is 29.3 Å². The monoisotopic (exact) mass is 459 g/mol. The van der Waals surface area contributed by atoms with Gasteiger partial charge in [-0.15, -0.1) is 0 Å². The van der Waals surface area contributed by atoms with Gasteiger partial charge in [0.15, 0.2) is 11.5 Å². The average Bonchev–Trinajstić information content (AvgIpc) is 2.79. The summed E-state index contributed by atoms with van der Waals surface area (Å²) < 4.78 is 40.3. The molecule has 0 saturated carbocycles. The number of hydrogen-bond acceptors (Lipinski definition) is 7. The molecule has 1 fully saturated rings. The summed E-state index contributed by atoms with van der Waals surface area (Å²) in [4.78, 5) is 40.9. The Morgan fingerprint density at radius 2 is 1.82 bits per heavy atom. The molecular formula is C21H20F3N7O2. The molecule has 0 spiro atoms. The van der Waals surface area contributed by atoms with E-state index in [2.05, 4.69) is 25.3 Å². The van der Waals surface area contributed by atoms with Crippen LogP contribution >= 0.6 is 0 Å². The fraction of sp³-hybridized carbons (Fsp3) is 0.286. The van der Waals surface area contributed by atoms with Gasteiger partial charge in [-0.3, -0.25) is 9.78 Å². The molecule has 0 radical (unpaired) electrons. The first kappa shape index (κ1) is 22.2. The average molecular weight is 459 g/mol. The Hall–Kier alpha value is -3.96. The van der Waals surface area contributed by atoms with E-state index >= 15 is 0 Å². The third-order valence-electron chi connectivity index (χ3n) is 5.25. The zero-order chi connectivity index (χ0) is 23.6. The zero-order valence-corrected chi connectivity index (χ0v) is 17.3. The van der Waals surface area contributed by atoms with Gasteiger partial charge in [0, 0.05) is 18.7 Å². The van der Waals surface area contributed by atoms with Gasteiger partial charge >= 0.3 is 11.9 Å². The number of aromatic nitrogens is 4. The maximum atomic E-state index is 13.4. The maximum Gasteiger partial charge on any atom is 0.417 e. The first-order valence-electron chi connectivity index (χ1n) is 10.2. The van der Waals surface area contributed by atoms with Crippen molar-refractivity contribution in [3.63, 3.8) is 0 Å². The fourth-order valence-electron chi connectivity index (χ4n) is 3.68. The van der Waals surface area contributed by atoms with E-state index < -0.39 is 23.3 Å². The number of nitrogens with one attached hydrogen (secondary N) is 2. The Kier molecular flexibility index (Phi) is 5.99. The van der Waals surface area contributed by atoms with Crippen LogP contribution in [0.1, 0.15) is 35.3 Å². The lowest BCUT2D eigenvalue weighted by Crippen LogP contribution is -2.32. The number of halogens is 3. The van der Waals surface area contributed by atoms with Crippen molar-refractivity contribution in [2.24, 2.45) is 0 Å². The smallest absolute Gasteiger partial charge is 0.382 e. The SMILES string of the molecule is Nc1ncc(-c2ccccc2C(F)(F)F)nc1C(=O)Nc1[nH]c(=O)ncc1N1CCCCC1. The number of carbonyl (C=O) groups is 1. The molecular weight excluding hydrogens is 439 g/mol. The lowest BCUT2D eigenvalue weighted by Gasteiger charge is -2.29. The van der Waals surface area contributed by atoms with Gasteiger partial charge in [0.25, 0.3) is 5.91 Å². The zero-order valence-electron chi connectivity index (χ0n) is 17.3. The lowest BCUT2D eigenvalue weighted by molar-refractivity contribution is -0.137. The molecule has 0 atom stereocenters. The van der Waals surface area contributed by atoms with Crippen molar-refractivity contribution in [1.29, 1.82) is 0 Å². The van der Waals surface area contributed by atoms with Crippen molar-refractivity contribution in [1.82, 2.24) is 19.9 Å². The molecule has 172 valence electrons. The molecule has 0 unspecified atom stereocenters. The number of nitrogens with zero attached hydrogens (tertiary/aromatic N) is 4. The second-order valence-corrected chi connectivity index (χ2v) is 7.48. The number of piperidine rings is 1. The van der Waals surface area contributed by atoms with Crippen molar-refractivity contribution >= 4 is 23.2 Å². The van der Waals surface area contributed by atoms with E-state index in [1.807, 2.05) is 4.90 Å². The molecule has 1 aromatic carbocycles.